The number of ether oxygens (including phenoxy) is 2. The van der Waals surface area contributed by atoms with Crippen molar-refractivity contribution < 1.29 is 19.1 Å². The van der Waals surface area contributed by atoms with Crippen LogP contribution in [0.1, 0.15) is 45.4 Å². The van der Waals surface area contributed by atoms with Crippen molar-refractivity contribution in [3.05, 3.63) is 12.3 Å². The molecule has 4 heteroatoms. The van der Waals surface area contributed by atoms with E-state index >= 15 is 0 Å². The smallest absolute Gasteiger partial charge is 0.374 e. The zero-order valence-corrected chi connectivity index (χ0v) is 11.3. The van der Waals surface area contributed by atoms with Crippen molar-refractivity contribution in [2.75, 3.05) is 0 Å². The minimum Gasteiger partial charge on any atom is -0.453 e. The van der Waals surface area contributed by atoms with Crippen LogP contribution in [0.2, 0.25) is 0 Å². The predicted molar refractivity (Wildman–Crippen MR) is 67.9 cm³/mol. The summed E-state index contributed by atoms with van der Waals surface area (Å²) in [5, 5.41) is 0. The van der Waals surface area contributed by atoms with E-state index in [1.165, 1.54) is 26.2 Å². The van der Waals surface area contributed by atoms with E-state index < -0.39 is 11.9 Å². The standard InChI is InChI=1S/C15H20O4/c1-9(18-10(2)16)14(17)19-15-6-11-3-12(7-15)5-13(4-11)8-15/h11-13H,1,3-8H2,2H3. The number of carbonyl (C=O) groups is 2. The highest BCUT2D eigenvalue weighted by Gasteiger charge is 2.53. The second kappa shape index (κ2) is 4.36. The van der Waals surface area contributed by atoms with Gasteiger partial charge in [0, 0.05) is 6.92 Å². The quantitative estimate of drug-likeness (QED) is 0.446. The first-order valence-corrected chi connectivity index (χ1v) is 7.06. The Kier molecular flexibility index (Phi) is 2.91. The van der Waals surface area contributed by atoms with E-state index in [2.05, 4.69) is 6.58 Å². The Labute approximate surface area is 113 Å². The van der Waals surface area contributed by atoms with Gasteiger partial charge in [-0.15, -0.1) is 0 Å². The van der Waals surface area contributed by atoms with Crippen molar-refractivity contribution in [2.45, 2.75) is 51.0 Å². The maximum absolute atomic E-state index is 12.0. The lowest BCUT2D eigenvalue weighted by Gasteiger charge is -2.55. The average molecular weight is 264 g/mol. The van der Waals surface area contributed by atoms with Crippen LogP contribution in [0.25, 0.3) is 0 Å². The van der Waals surface area contributed by atoms with Gasteiger partial charge < -0.3 is 9.47 Å². The fraction of sp³-hybridized carbons (Fsp3) is 0.733. The molecule has 0 radical (unpaired) electrons. The van der Waals surface area contributed by atoms with Crippen molar-refractivity contribution in [3.63, 3.8) is 0 Å². The Morgan fingerprint density at radius 3 is 1.95 bits per heavy atom. The Morgan fingerprint density at radius 1 is 1.05 bits per heavy atom. The Morgan fingerprint density at radius 2 is 1.53 bits per heavy atom. The largest absolute Gasteiger partial charge is 0.453 e. The number of rotatable bonds is 3. The van der Waals surface area contributed by atoms with Crippen LogP contribution in [-0.2, 0) is 19.1 Å². The lowest BCUT2D eigenvalue weighted by molar-refractivity contribution is -0.186. The monoisotopic (exact) mass is 264 g/mol. The molecule has 0 N–H and O–H groups in total. The van der Waals surface area contributed by atoms with Gasteiger partial charge in [-0.3, -0.25) is 4.79 Å². The molecule has 4 aliphatic rings. The Hall–Kier alpha value is -1.32. The number of hydrogen-bond acceptors (Lipinski definition) is 4. The van der Waals surface area contributed by atoms with Crippen molar-refractivity contribution in [3.8, 4) is 0 Å². The van der Waals surface area contributed by atoms with Gasteiger partial charge in [0.05, 0.1) is 0 Å². The molecule has 0 heterocycles. The van der Waals surface area contributed by atoms with Gasteiger partial charge in [-0.05, 0) is 62.9 Å². The molecule has 0 amide bonds. The summed E-state index contributed by atoms with van der Waals surface area (Å²) in [6.07, 6.45) is 6.79. The molecule has 0 spiro atoms. The first-order valence-electron chi connectivity index (χ1n) is 7.06. The lowest BCUT2D eigenvalue weighted by atomic mass is 9.54. The molecule has 0 aromatic rings. The highest BCUT2D eigenvalue weighted by molar-refractivity contribution is 5.88. The predicted octanol–water partition coefficient (Wildman–Crippen LogP) is 2.58. The highest BCUT2D eigenvalue weighted by atomic mass is 16.6. The molecule has 4 aliphatic carbocycles. The molecule has 0 aliphatic heterocycles. The van der Waals surface area contributed by atoms with Crippen molar-refractivity contribution in [2.24, 2.45) is 17.8 Å². The molecule has 0 aromatic carbocycles. The third-order valence-electron chi connectivity index (χ3n) is 4.79. The van der Waals surface area contributed by atoms with Crippen LogP contribution in [0.5, 0.6) is 0 Å². The van der Waals surface area contributed by atoms with E-state index in [9.17, 15) is 9.59 Å². The lowest BCUT2D eigenvalue weighted by Crippen LogP contribution is -2.52. The van der Waals surface area contributed by atoms with Crippen LogP contribution >= 0.6 is 0 Å². The van der Waals surface area contributed by atoms with Gasteiger partial charge in [0.15, 0.2) is 0 Å². The molecule has 4 rings (SSSR count). The van der Waals surface area contributed by atoms with E-state index in [-0.39, 0.29) is 11.4 Å². The molecular formula is C15H20O4. The first-order chi connectivity index (χ1) is 8.96. The summed E-state index contributed by atoms with van der Waals surface area (Å²) in [5.74, 6) is 0.830. The third kappa shape index (κ3) is 2.40. The average Bonchev–Trinajstić information content (AvgIpc) is 2.24. The van der Waals surface area contributed by atoms with Crippen LogP contribution in [0, 0.1) is 17.8 Å². The van der Waals surface area contributed by atoms with Crippen molar-refractivity contribution >= 4 is 11.9 Å². The molecule has 4 bridgehead atoms. The third-order valence-corrected chi connectivity index (χ3v) is 4.79. The molecule has 19 heavy (non-hydrogen) atoms. The van der Waals surface area contributed by atoms with Gasteiger partial charge >= 0.3 is 11.9 Å². The summed E-state index contributed by atoms with van der Waals surface area (Å²) in [6.45, 7) is 4.73. The van der Waals surface area contributed by atoms with Crippen molar-refractivity contribution in [1.82, 2.24) is 0 Å². The minimum atomic E-state index is -0.572. The van der Waals surface area contributed by atoms with Crippen LogP contribution in [0.3, 0.4) is 0 Å². The Bertz CT molecular complexity index is 402. The fourth-order valence-electron chi connectivity index (χ4n) is 4.62. The summed E-state index contributed by atoms with van der Waals surface area (Å²) in [6, 6.07) is 0. The van der Waals surface area contributed by atoms with Crippen LogP contribution in [-0.4, -0.2) is 17.5 Å². The second-order valence-electron chi connectivity index (χ2n) is 6.51. The van der Waals surface area contributed by atoms with Crippen LogP contribution in [0.15, 0.2) is 12.3 Å². The molecule has 0 saturated heterocycles. The van der Waals surface area contributed by atoms with Gasteiger partial charge in [-0.25, -0.2) is 4.79 Å². The summed E-state index contributed by atoms with van der Waals surface area (Å²) < 4.78 is 10.4. The summed E-state index contributed by atoms with van der Waals surface area (Å²) in [5.41, 5.74) is -0.311. The van der Waals surface area contributed by atoms with E-state index in [0.29, 0.717) is 17.8 Å². The molecular weight excluding hydrogens is 244 g/mol. The normalized spacial score (nSPS) is 38.9. The van der Waals surface area contributed by atoms with Crippen molar-refractivity contribution in [1.29, 1.82) is 0 Å². The summed E-state index contributed by atoms with van der Waals surface area (Å²) >= 11 is 0. The van der Waals surface area contributed by atoms with Crippen LogP contribution in [0.4, 0.5) is 0 Å². The molecule has 104 valence electrons. The van der Waals surface area contributed by atoms with E-state index in [1.807, 2.05) is 0 Å². The van der Waals surface area contributed by atoms with Crippen LogP contribution < -0.4 is 0 Å². The molecule has 4 saturated carbocycles. The van der Waals surface area contributed by atoms with E-state index in [4.69, 9.17) is 9.47 Å². The number of carbonyl (C=O) groups excluding carboxylic acids is 2. The fourth-order valence-corrected chi connectivity index (χ4v) is 4.62. The SMILES string of the molecule is C=C(OC(C)=O)C(=O)OC12CC3CC(CC(C3)C1)C2. The highest BCUT2D eigenvalue weighted by Crippen LogP contribution is 2.57. The molecule has 0 unspecified atom stereocenters. The minimum absolute atomic E-state index is 0.191. The first kappa shape index (κ1) is 12.7. The van der Waals surface area contributed by atoms with E-state index in [1.54, 1.807) is 0 Å². The van der Waals surface area contributed by atoms with E-state index in [0.717, 1.165) is 19.3 Å². The zero-order valence-electron chi connectivity index (χ0n) is 11.3. The Balaban J connectivity index is 1.67. The molecule has 0 aromatic heterocycles. The summed E-state index contributed by atoms with van der Waals surface area (Å²) in [7, 11) is 0. The molecule has 0 atom stereocenters. The zero-order chi connectivity index (χ0) is 13.6. The van der Waals surface area contributed by atoms with Gasteiger partial charge in [-0.2, -0.15) is 0 Å². The molecule has 4 nitrogen and oxygen atoms in total. The van der Waals surface area contributed by atoms with Gasteiger partial charge in [0.1, 0.15) is 5.60 Å². The van der Waals surface area contributed by atoms with Gasteiger partial charge in [-0.1, -0.05) is 0 Å². The van der Waals surface area contributed by atoms with Gasteiger partial charge in [0.2, 0.25) is 5.76 Å². The molecule has 4 fully saturated rings. The topological polar surface area (TPSA) is 52.6 Å². The maximum atomic E-state index is 12.0. The second-order valence-corrected chi connectivity index (χ2v) is 6.51. The van der Waals surface area contributed by atoms with Gasteiger partial charge in [0.25, 0.3) is 0 Å². The number of esters is 2. The summed E-state index contributed by atoms with van der Waals surface area (Å²) in [4.78, 5) is 22.8. The maximum Gasteiger partial charge on any atom is 0.374 e. The number of hydrogen-bond donors (Lipinski definition) is 0.